The monoisotopic (exact) mass is 363 g/mol. The normalized spacial score (nSPS) is 10.5. The van der Waals surface area contributed by atoms with Crippen molar-refractivity contribution in [3.8, 4) is 0 Å². The van der Waals surface area contributed by atoms with Crippen LogP contribution < -0.4 is 10.9 Å². The van der Waals surface area contributed by atoms with Gasteiger partial charge in [-0.15, -0.1) is 0 Å². The number of amides is 2. The van der Waals surface area contributed by atoms with E-state index in [-0.39, 0.29) is 10.6 Å². The molecule has 2 aromatic rings. The highest BCUT2D eigenvalue weighted by Gasteiger charge is 2.16. The predicted molar refractivity (Wildman–Crippen MR) is 89.1 cm³/mol. The Morgan fingerprint density at radius 2 is 1.80 bits per heavy atom. The maximum atomic E-state index is 12.8. The van der Waals surface area contributed by atoms with Crippen LogP contribution in [0.15, 0.2) is 48.5 Å². The molecule has 0 aliphatic rings. The summed E-state index contributed by atoms with van der Waals surface area (Å²) in [7, 11) is 0. The smallest absolute Gasteiger partial charge is 0.268 e. The lowest BCUT2D eigenvalue weighted by Crippen LogP contribution is -2.40. The van der Waals surface area contributed by atoms with E-state index in [1.165, 1.54) is 42.5 Å². The van der Waals surface area contributed by atoms with Crippen LogP contribution in [0.25, 0.3) is 6.08 Å². The van der Waals surface area contributed by atoms with Gasteiger partial charge in [-0.2, -0.15) is 0 Å². The molecule has 2 N–H and O–H groups in total. The van der Waals surface area contributed by atoms with Crippen molar-refractivity contribution in [3.05, 3.63) is 80.6 Å². The SMILES string of the molecule is O=C(/C=C/c1ccc(F)cc1)NNC(=O)c1ccc(Cl)c([N+](=O)[O-])c1. The van der Waals surface area contributed by atoms with Gasteiger partial charge in [0.05, 0.1) is 4.92 Å². The molecule has 0 bridgehead atoms. The number of hydrogen-bond acceptors (Lipinski definition) is 4. The molecule has 7 nitrogen and oxygen atoms in total. The Hall–Kier alpha value is -3.26. The first-order valence-electron chi connectivity index (χ1n) is 6.85. The molecule has 0 atom stereocenters. The van der Waals surface area contributed by atoms with Crippen LogP contribution in [0.5, 0.6) is 0 Å². The summed E-state index contributed by atoms with van der Waals surface area (Å²) >= 11 is 5.66. The van der Waals surface area contributed by atoms with E-state index in [1.54, 1.807) is 0 Å². The number of carbonyl (C=O) groups excluding carboxylic acids is 2. The van der Waals surface area contributed by atoms with Crippen LogP contribution in [-0.4, -0.2) is 16.7 Å². The third-order valence-corrected chi connectivity index (χ3v) is 3.32. The van der Waals surface area contributed by atoms with Crippen LogP contribution in [0.4, 0.5) is 10.1 Å². The molecule has 25 heavy (non-hydrogen) atoms. The summed E-state index contributed by atoms with van der Waals surface area (Å²) in [6.45, 7) is 0. The average molecular weight is 364 g/mol. The van der Waals surface area contributed by atoms with Crippen molar-refractivity contribution in [1.82, 2.24) is 10.9 Å². The summed E-state index contributed by atoms with van der Waals surface area (Å²) in [4.78, 5) is 33.6. The number of nitrogens with zero attached hydrogens (tertiary/aromatic N) is 1. The van der Waals surface area contributed by atoms with Crippen molar-refractivity contribution in [2.24, 2.45) is 0 Å². The van der Waals surface area contributed by atoms with Gasteiger partial charge < -0.3 is 0 Å². The maximum absolute atomic E-state index is 12.8. The molecule has 2 rings (SSSR count). The topological polar surface area (TPSA) is 101 Å². The van der Waals surface area contributed by atoms with Crippen LogP contribution in [-0.2, 0) is 4.79 Å². The largest absolute Gasteiger partial charge is 0.288 e. The number of hydrazine groups is 1. The lowest BCUT2D eigenvalue weighted by molar-refractivity contribution is -0.384. The molecule has 128 valence electrons. The number of benzene rings is 2. The number of nitro groups is 1. The molecular formula is C16H11ClFN3O4. The van der Waals surface area contributed by atoms with Gasteiger partial charge in [0.1, 0.15) is 10.8 Å². The highest BCUT2D eigenvalue weighted by Crippen LogP contribution is 2.24. The highest BCUT2D eigenvalue weighted by molar-refractivity contribution is 6.32. The van der Waals surface area contributed by atoms with E-state index >= 15 is 0 Å². The van der Waals surface area contributed by atoms with Gasteiger partial charge in [-0.25, -0.2) is 4.39 Å². The number of nitrogens with one attached hydrogen (secondary N) is 2. The Morgan fingerprint density at radius 1 is 1.12 bits per heavy atom. The summed E-state index contributed by atoms with van der Waals surface area (Å²) < 4.78 is 12.8. The first-order chi connectivity index (χ1) is 11.9. The highest BCUT2D eigenvalue weighted by atomic mass is 35.5. The summed E-state index contributed by atoms with van der Waals surface area (Å²) in [5.41, 5.74) is 4.37. The molecule has 0 aliphatic heterocycles. The van der Waals surface area contributed by atoms with Crippen LogP contribution >= 0.6 is 11.6 Å². The van der Waals surface area contributed by atoms with Crippen molar-refractivity contribution in [1.29, 1.82) is 0 Å². The molecule has 2 amide bonds. The molecule has 0 radical (unpaired) electrons. The molecular weight excluding hydrogens is 353 g/mol. The zero-order valence-corrected chi connectivity index (χ0v) is 13.3. The second kappa shape index (κ2) is 8.02. The fourth-order valence-electron chi connectivity index (χ4n) is 1.77. The van der Waals surface area contributed by atoms with Crippen molar-refractivity contribution in [3.63, 3.8) is 0 Å². The van der Waals surface area contributed by atoms with Crippen molar-refractivity contribution in [2.45, 2.75) is 0 Å². The lowest BCUT2D eigenvalue weighted by Gasteiger charge is -2.05. The van der Waals surface area contributed by atoms with E-state index in [0.29, 0.717) is 5.56 Å². The maximum Gasteiger partial charge on any atom is 0.288 e. The zero-order chi connectivity index (χ0) is 18.4. The number of carbonyl (C=O) groups is 2. The minimum absolute atomic E-state index is 0.0427. The summed E-state index contributed by atoms with van der Waals surface area (Å²) in [6.07, 6.45) is 2.56. The van der Waals surface area contributed by atoms with Crippen LogP contribution in [0.2, 0.25) is 5.02 Å². The molecule has 0 aromatic heterocycles. The van der Waals surface area contributed by atoms with Crippen molar-refractivity contribution >= 4 is 35.2 Å². The van der Waals surface area contributed by atoms with Gasteiger partial charge in [-0.3, -0.25) is 30.6 Å². The molecule has 0 unspecified atom stereocenters. The first kappa shape index (κ1) is 18.1. The van der Waals surface area contributed by atoms with Gasteiger partial charge in [-0.1, -0.05) is 23.7 Å². The lowest BCUT2D eigenvalue weighted by atomic mass is 10.2. The molecule has 0 saturated carbocycles. The van der Waals surface area contributed by atoms with E-state index in [9.17, 15) is 24.1 Å². The molecule has 2 aromatic carbocycles. The average Bonchev–Trinajstić information content (AvgIpc) is 2.59. The van der Waals surface area contributed by atoms with Crippen LogP contribution in [0.3, 0.4) is 0 Å². The first-order valence-corrected chi connectivity index (χ1v) is 7.22. The molecule has 0 spiro atoms. The Labute approximate surface area is 146 Å². The molecule has 0 fully saturated rings. The van der Waals surface area contributed by atoms with Crippen LogP contribution in [0.1, 0.15) is 15.9 Å². The number of nitro benzene ring substituents is 1. The van der Waals surface area contributed by atoms with Gasteiger partial charge in [0.15, 0.2) is 0 Å². The Balaban J connectivity index is 1.95. The molecule has 0 aliphatic carbocycles. The van der Waals surface area contributed by atoms with E-state index in [1.807, 2.05) is 0 Å². The van der Waals surface area contributed by atoms with Gasteiger partial charge in [-0.05, 0) is 35.9 Å². The number of rotatable bonds is 4. The number of halogens is 2. The van der Waals surface area contributed by atoms with E-state index in [2.05, 4.69) is 10.9 Å². The molecule has 0 saturated heterocycles. The summed E-state index contributed by atoms with van der Waals surface area (Å²) in [5.74, 6) is -1.78. The Kier molecular flexibility index (Phi) is 5.80. The van der Waals surface area contributed by atoms with Gasteiger partial charge in [0, 0.05) is 17.7 Å². The summed E-state index contributed by atoms with van der Waals surface area (Å²) in [6, 6.07) is 8.93. The minimum Gasteiger partial charge on any atom is -0.268 e. The predicted octanol–water partition coefficient (Wildman–Crippen LogP) is 2.86. The van der Waals surface area contributed by atoms with E-state index in [0.717, 1.165) is 12.1 Å². The molecule has 9 heteroatoms. The minimum atomic E-state index is -0.747. The fraction of sp³-hybridized carbons (Fsp3) is 0. The standard InChI is InChI=1S/C16H11ClFN3O4/c17-13-7-4-11(9-14(13)21(24)25)16(23)20-19-15(22)8-3-10-1-5-12(18)6-2-10/h1-9H,(H,19,22)(H,20,23)/b8-3+. The zero-order valence-electron chi connectivity index (χ0n) is 12.5. The number of hydrogen-bond donors (Lipinski definition) is 2. The molecule has 0 heterocycles. The Bertz CT molecular complexity index is 853. The van der Waals surface area contributed by atoms with E-state index in [4.69, 9.17) is 11.6 Å². The Morgan fingerprint density at radius 3 is 2.44 bits per heavy atom. The van der Waals surface area contributed by atoms with Gasteiger partial charge in [0.2, 0.25) is 0 Å². The van der Waals surface area contributed by atoms with Crippen LogP contribution in [0, 0.1) is 15.9 Å². The summed E-state index contributed by atoms with van der Waals surface area (Å²) in [5, 5.41) is 10.7. The third-order valence-electron chi connectivity index (χ3n) is 3.00. The second-order valence-electron chi connectivity index (χ2n) is 4.75. The van der Waals surface area contributed by atoms with E-state index < -0.39 is 28.2 Å². The second-order valence-corrected chi connectivity index (χ2v) is 5.16. The van der Waals surface area contributed by atoms with Crippen molar-refractivity contribution < 1.29 is 18.9 Å². The third kappa shape index (κ3) is 5.11. The van der Waals surface area contributed by atoms with Gasteiger partial charge in [0.25, 0.3) is 17.5 Å². The fourth-order valence-corrected chi connectivity index (χ4v) is 1.96. The quantitative estimate of drug-likeness (QED) is 0.495. The van der Waals surface area contributed by atoms with Crippen molar-refractivity contribution in [2.75, 3.05) is 0 Å². The van der Waals surface area contributed by atoms with Gasteiger partial charge >= 0.3 is 0 Å².